The normalized spacial score (nSPS) is 12.8. The van der Waals surface area contributed by atoms with Gasteiger partial charge in [0.25, 0.3) is 0 Å². The van der Waals surface area contributed by atoms with Crippen molar-refractivity contribution in [2.24, 2.45) is 12.8 Å². The van der Waals surface area contributed by atoms with Gasteiger partial charge in [-0.05, 0) is 20.8 Å². The zero-order chi connectivity index (χ0) is 13.4. The molecule has 0 aliphatic heterocycles. The standard InChI is InChI=1S/C12H19N5S/c1-6(13)11-10(15-12(14-4)18-11)9-7(2)16-17(5)8(9)3/h6H,13H2,1-5H3,(H,14,15). The van der Waals surface area contributed by atoms with Crippen LogP contribution in [0.2, 0.25) is 0 Å². The van der Waals surface area contributed by atoms with Crippen LogP contribution in [0.15, 0.2) is 0 Å². The summed E-state index contributed by atoms with van der Waals surface area (Å²) >= 11 is 1.60. The Bertz CT molecular complexity index is 567. The van der Waals surface area contributed by atoms with E-state index in [9.17, 15) is 0 Å². The molecule has 6 heteroatoms. The zero-order valence-corrected chi connectivity index (χ0v) is 12.2. The van der Waals surface area contributed by atoms with Crippen molar-refractivity contribution in [3.63, 3.8) is 0 Å². The molecular formula is C12H19N5S. The van der Waals surface area contributed by atoms with Gasteiger partial charge in [-0.2, -0.15) is 5.10 Å². The lowest BCUT2D eigenvalue weighted by molar-refractivity contribution is 0.731. The van der Waals surface area contributed by atoms with Crippen LogP contribution < -0.4 is 11.1 Å². The van der Waals surface area contributed by atoms with Crippen LogP contribution in [0.3, 0.4) is 0 Å². The van der Waals surface area contributed by atoms with Crippen molar-refractivity contribution in [3.8, 4) is 11.3 Å². The van der Waals surface area contributed by atoms with Crippen molar-refractivity contribution >= 4 is 16.5 Å². The summed E-state index contributed by atoms with van der Waals surface area (Å²) in [5.41, 5.74) is 10.2. The number of aromatic nitrogens is 3. The van der Waals surface area contributed by atoms with Crippen LogP contribution in [-0.2, 0) is 7.05 Å². The first-order valence-electron chi connectivity index (χ1n) is 5.90. The monoisotopic (exact) mass is 265 g/mol. The van der Waals surface area contributed by atoms with Crippen LogP contribution >= 0.6 is 11.3 Å². The zero-order valence-electron chi connectivity index (χ0n) is 11.4. The van der Waals surface area contributed by atoms with Crippen molar-refractivity contribution in [1.82, 2.24) is 14.8 Å². The Kier molecular flexibility index (Phi) is 3.41. The van der Waals surface area contributed by atoms with Crippen LogP contribution in [0.4, 0.5) is 5.13 Å². The largest absolute Gasteiger partial charge is 0.365 e. The minimum Gasteiger partial charge on any atom is -0.365 e. The van der Waals surface area contributed by atoms with Gasteiger partial charge in [-0.25, -0.2) is 4.98 Å². The van der Waals surface area contributed by atoms with Crippen molar-refractivity contribution in [1.29, 1.82) is 0 Å². The summed E-state index contributed by atoms with van der Waals surface area (Å²) in [6.45, 7) is 6.04. The molecule has 0 spiro atoms. The third-order valence-corrected chi connectivity index (χ3v) is 4.30. The van der Waals surface area contributed by atoms with Crippen molar-refractivity contribution in [2.45, 2.75) is 26.8 Å². The topological polar surface area (TPSA) is 68.8 Å². The summed E-state index contributed by atoms with van der Waals surface area (Å²) in [4.78, 5) is 5.73. The second-order valence-electron chi connectivity index (χ2n) is 4.44. The average molecular weight is 265 g/mol. The first-order valence-corrected chi connectivity index (χ1v) is 6.72. The average Bonchev–Trinajstić information content (AvgIpc) is 2.82. The molecule has 0 amide bonds. The van der Waals surface area contributed by atoms with E-state index in [2.05, 4.69) is 22.3 Å². The van der Waals surface area contributed by atoms with Crippen LogP contribution in [-0.4, -0.2) is 21.8 Å². The smallest absolute Gasteiger partial charge is 0.183 e. The molecule has 0 saturated heterocycles. The molecule has 3 N–H and O–H groups in total. The summed E-state index contributed by atoms with van der Waals surface area (Å²) in [7, 11) is 3.82. The van der Waals surface area contributed by atoms with Gasteiger partial charge in [0, 0.05) is 31.4 Å². The number of nitrogens with zero attached hydrogens (tertiary/aromatic N) is 3. The molecule has 2 aromatic rings. The molecule has 0 radical (unpaired) electrons. The maximum absolute atomic E-state index is 6.04. The number of hydrogen-bond donors (Lipinski definition) is 2. The molecule has 0 bridgehead atoms. The van der Waals surface area contributed by atoms with E-state index >= 15 is 0 Å². The molecule has 0 saturated carbocycles. The first kappa shape index (κ1) is 13.0. The molecule has 1 atom stereocenters. The Morgan fingerprint density at radius 3 is 2.50 bits per heavy atom. The predicted octanol–water partition coefficient (Wildman–Crippen LogP) is 2.22. The molecular weight excluding hydrogens is 246 g/mol. The fourth-order valence-electron chi connectivity index (χ4n) is 2.04. The van der Waals surface area contributed by atoms with E-state index in [1.807, 2.05) is 32.6 Å². The van der Waals surface area contributed by atoms with E-state index in [0.717, 1.165) is 32.7 Å². The molecule has 5 nitrogen and oxygen atoms in total. The molecule has 0 aliphatic carbocycles. The van der Waals surface area contributed by atoms with Crippen LogP contribution in [0.25, 0.3) is 11.3 Å². The van der Waals surface area contributed by atoms with E-state index in [0.29, 0.717) is 0 Å². The lowest BCUT2D eigenvalue weighted by Crippen LogP contribution is -2.04. The molecule has 98 valence electrons. The number of aryl methyl sites for hydroxylation is 2. The maximum atomic E-state index is 6.04. The highest BCUT2D eigenvalue weighted by Gasteiger charge is 2.21. The molecule has 18 heavy (non-hydrogen) atoms. The molecule has 0 aliphatic rings. The highest BCUT2D eigenvalue weighted by Crippen LogP contribution is 2.37. The number of anilines is 1. The van der Waals surface area contributed by atoms with Crippen molar-refractivity contribution in [2.75, 3.05) is 12.4 Å². The second kappa shape index (κ2) is 4.70. The summed E-state index contributed by atoms with van der Waals surface area (Å²) in [5, 5.41) is 8.41. The first-order chi connectivity index (χ1) is 8.45. The van der Waals surface area contributed by atoms with Crippen LogP contribution in [0.1, 0.15) is 29.2 Å². The van der Waals surface area contributed by atoms with Gasteiger partial charge in [0.1, 0.15) is 0 Å². The molecule has 2 heterocycles. The molecule has 2 aromatic heterocycles. The lowest BCUT2D eigenvalue weighted by Gasteiger charge is -2.05. The minimum atomic E-state index is -0.0291. The summed E-state index contributed by atoms with van der Waals surface area (Å²) < 4.78 is 1.88. The quantitative estimate of drug-likeness (QED) is 0.893. The number of nitrogens with two attached hydrogens (primary N) is 1. The van der Waals surface area contributed by atoms with Crippen molar-refractivity contribution in [3.05, 3.63) is 16.3 Å². The van der Waals surface area contributed by atoms with Gasteiger partial charge >= 0.3 is 0 Å². The maximum Gasteiger partial charge on any atom is 0.183 e. The predicted molar refractivity (Wildman–Crippen MR) is 75.9 cm³/mol. The van der Waals surface area contributed by atoms with Gasteiger partial charge in [-0.15, -0.1) is 0 Å². The Morgan fingerprint density at radius 1 is 1.39 bits per heavy atom. The lowest BCUT2D eigenvalue weighted by atomic mass is 10.1. The molecule has 2 rings (SSSR count). The number of thiazole rings is 1. The van der Waals surface area contributed by atoms with Gasteiger partial charge in [-0.3, -0.25) is 4.68 Å². The van der Waals surface area contributed by atoms with Crippen LogP contribution in [0.5, 0.6) is 0 Å². The van der Waals surface area contributed by atoms with E-state index in [4.69, 9.17) is 5.73 Å². The van der Waals surface area contributed by atoms with Crippen LogP contribution in [0, 0.1) is 13.8 Å². The molecule has 0 fully saturated rings. The molecule has 1 unspecified atom stereocenters. The highest BCUT2D eigenvalue weighted by atomic mass is 32.1. The highest BCUT2D eigenvalue weighted by molar-refractivity contribution is 7.16. The summed E-state index contributed by atoms with van der Waals surface area (Å²) in [5.74, 6) is 0. The third kappa shape index (κ3) is 2.02. The van der Waals surface area contributed by atoms with Gasteiger partial charge in [0.05, 0.1) is 16.3 Å². The fourth-order valence-corrected chi connectivity index (χ4v) is 2.92. The summed E-state index contributed by atoms with van der Waals surface area (Å²) in [6, 6.07) is -0.0291. The second-order valence-corrected chi connectivity index (χ2v) is 5.47. The Labute approximate surface area is 111 Å². The fraction of sp³-hybridized carbons (Fsp3) is 0.500. The number of nitrogens with one attached hydrogen (secondary N) is 1. The SMILES string of the molecule is CNc1nc(-c2c(C)nn(C)c2C)c(C(C)N)s1. The van der Waals surface area contributed by atoms with Crippen molar-refractivity contribution < 1.29 is 0 Å². The van der Waals surface area contributed by atoms with Gasteiger partial charge in [0.2, 0.25) is 0 Å². The van der Waals surface area contributed by atoms with E-state index in [1.54, 1.807) is 11.3 Å². The van der Waals surface area contributed by atoms with Gasteiger partial charge in [0.15, 0.2) is 5.13 Å². The Morgan fingerprint density at radius 2 is 2.06 bits per heavy atom. The summed E-state index contributed by atoms with van der Waals surface area (Å²) in [6.07, 6.45) is 0. The number of rotatable bonds is 3. The van der Waals surface area contributed by atoms with Gasteiger partial charge in [-0.1, -0.05) is 11.3 Å². The Hall–Kier alpha value is -1.40. The van der Waals surface area contributed by atoms with E-state index < -0.39 is 0 Å². The van der Waals surface area contributed by atoms with E-state index in [1.165, 1.54) is 0 Å². The molecule has 0 aromatic carbocycles. The number of hydrogen-bond acceptors (Lipinski definition) is 5. The third-order valence-electron chi connectivity index (χ3n) is 3.03. The van der Waals surface area contributed by atoms with E-state index in [-0.39, 0.29) is 6.04 Å². The van der Waals surface area contributed by atoms with Gasteiger partial charge < -0.3 is 11.1 Å². The Balaban J connectivity index is 2.66. The minimum absolute atomic E-state index is 0.0291.